The molecule has 0 saturated carbocycles. The van der Waals surface area contributed by atoms with E-state index in [0.29, 0.717) is 13.1 Å². The number of amides is 1. The Balaban J connectivity index is 2.38. The highest BCUT2D eigenvalue weighted by Crippen LogP contribution is 2.29. The topological polar surface area (TPSA) is 55.6 Å². The average molecular weight is 250 g/mol. The Morgan fingerprint density at radius 1 is 1.47 bits per heavy atom. The van der Waals surface area contributed by atoms with Gasteiger partial charge in [0.1, 0.15) is 5.60 Å². The van der Waals surface area contributed by atoms with Gasteiger partial charge in [0.25, 0.3) is 0 Å². The second-order valence-electron chi connectivity index (χ2n) is 5.38. The third-order valence-corrected chi connectivity index (χ3v) is 2.76. The molecule has 0 aliphatic carbocycles. The number of rotatable bonds is 3. The van der Waals surface area contributed by atoms with Crippen molar-refractivity contribution in [3.05, 3.63) is 0 Å². The summed E-state index contributed by atoms with van der Waals surface area (Å²) < 4.78 is 30.2. The molecule has 1 fully saturated rings. The summed E-state index contributed by atoms with van der Waals surface area (Å²) in [6.45, 7) is 5.87. The molecular weight excluding hydrogens is 230 g/mol. The van der Waals surface area contributed by atoms with Crippen LogP contribution < -0.4 is 5.73 Å². The van der Waals surface area contributed by atoms with Gasteiger partial charge in [0.05, 0.1) is 0 Å². The van der Waals surface area contributed by atoms with E-state index < -0.39 is 24.0 Å². The van der Waals surface area contributed by atoms with Crippen LogP contribution in [0.4, 0.5) is 13.6 Å². The Hall–Kier alpha value is -0.910. The van der Waals surface area contributed by atoms with Gasteiger partial charge in [-0.3, -0.25) is 0 Å². The van der Waals surface area contributed by atoms with Crippen LogP contribution in [-0.2, 0) is 4.74 Å². The predicted molar refractivity (Wildman–Crippen MR) is 59.8 cm³/mol. The molecule has 1 saturated heterocycles. The minimum Gasteiger partial charge on any atom is -0.444 e. The number of carbonyl (C=O) groups is 1. The van der Waals surface area contributed by atoms with E-state index in [0.717, 1.165) is 0 Å². The summed E-state index contributed by atoms with van der Waals surface area (Å²) in [6, 6.07) is 0. The van der Waals surface area contributed by atoms with Crippen molar-refractivity contribution in [1.82, 2.24) is 4.90 Å². The number of ether oxygens (including phenoxy) is 1. The quantitative estimate of drug-likeness (QED) is 0.829. The molecule has 100 valence electrons. The van der Waals surface area contributed by atoms with Crippen LogP contribution in [0.1, 0.15) is 20.8 Å². The predicted octanol–water partition coefficient (Wildman–Crippen LogP) is 1.69. The lowest BCUT2D eigenvalue weighted by Crippen LogP contribution is -2.56. The summed E-state index contributed by atoms with van der Waals surface area (Å²) >= 11 is 0. The second-order valence-corrected chi connectivity index (χ2v) is 5.38. The molecule has 1 amide bonds. The number of nitrogens with zero attached hydrogens (tertiary/aromatic N) is 1. The Morgan fingerprint density at radius 3 is 2.35 bits per heavy atom. The van der Waals surface area contributed by atoms with E-state index in [4.69, 9.17) is 10.5 Å². The highest BCUT2D eigenvalue weighted by molar-refractivity contribution is 5.69. The Labute approximate surface area is 100 Å². The fourth-order valence-corrected chi connectivity index (χ4v) is 1.76. The van der Waals surface area contributed by atoms with Crippen LogP contribution in [0, 0.1) is 11.8 Å². The molecule has 1 rings (SSSR count). The molecule has 0 aromatic carbocycles. The molecule has 1 unspecified atom stereocenters. The molecule has 1 atom stereocenters. The molecule has 0 aromatic heterocycles. The van der Waals surface area contributed by atoms with Gasteiger partial charge >= 0.3 is 6.09 Å². The van der Waals surface area contributed by atoms with Gasteiger partial charge < -0.3 is 15.4 Å². The summed E-state index contributed by atoms with van der Waals surface area (Å²) in [5.74, 6) is -1.04. The maximum Gasteiger partial charge on any atom is 0.410 e. The third kappa shape index (κ3) is 3.80. The molecule has 1 aliphatic heterocycles. The minimum atomic E-state index is -2.43. The van der Waals surface area contributed by atoms with Crippen molar-refractivity contribution in [3.8, 4) is 0 Å². The SMILES string of the molecule is CC(C)(C)OC(=O)N1CC(C(CN)C(F)F)C1. The van der Waals surface area contributed by atoms with Gasteiger partial charge in [-0.05, 0) is 20.8 Å². The first-order valence-electron chi connectivity index (χ1n) is 5.70. The lowest BCUT2D eigenvalue weighted by Gasteiger charge is -2.43. The normalized spacial score (nSPS) is 19.1. The molecule has 0 aromatic rings. The number of carbonyl (C=O) groups excluding carboxylic acids is 1. The largest absolute Gasteiger partial charge is 0.444 e. The summed E-state index contributed by atoms with van der Waals surface area (Å²) in [6.07, 6.45) is -2.87. The van der Waals surface area contributed by atoms with Gasteiger partial charge in [0.15, 0.2) is 0 Å². The maximum atomic E-state index is 12.6. The lowest BCUT2D eigenvalue weighted by atomic mass is 9.86. The Bertz CT molecular complexity index is 273. The number of hydrogen-bond acceptors (Lipinski definition) is 3. The average Bonchev–Trinajstić information content (AvgIpc) is 2.05. The fraction of sp³-hybridized carbons (Fsp3) is 0.909. The minimum absolute atomic E-state index is 0.0511. The van der Waals surface area contributed by atoms with Crippen molar-refractivity contribution in [3.63, 3.8) is 0 Å². The van der Waals surface area contributed by atoms with E-state index in [2.05, 4.69) is 0 Å². The van der Waals surface area contributed by atoms with Crippen LogP contribution in [0.3, 0.4) is 0 Å². The molecule has 17 heavy (non-hydrogen) atoms. The maximum absolute atomic E-state index is 12.6. The number of nitrogens with two attached hydrogens (primary N) is 1. The van der Waals surface area contributed by atoms with E-state index in [1.54, 1.807) is 20.8 Å². The zero-order chi connectivity index (χ0) is 13.2. The molecule has 0 radical (unpaired) electrons. The second kappa shape index (κ2) is 5.16. The molecular formula is C11H20F2N2O2. The van der Waals surface area contributed by atoms with Crippen molar-refractivity contribution in [2.45, 2.75) is 32.8 Å². The number of likely N-dealkylation sites (tertiary alicyclic amines) is 1. The molecule has 0 bridgehead atoms. The van der Waals surface area contributed by atoms with Crippen LogP contribution in [0.15, 0.2) is 0 Å². The van der Waals surface area contributed by atoms with Gasteiger partial charge in [-0.2, -0.15) is 0 Å². The first-order valence-corrected chi connectivity index (χ1v) is 5.70. The third-order valence-electron chi connectivity index (χ3n) is 2.76. The Morgan fingerprint density at radius 2 is 2.00 bits per heavy atom. The van der Waals surface area contributed by atoms with E-state index in [9.17, 15) is 13.6 Å². The fourth-order valence-electron chi connectivity index (χ4n) is 1.76. The van der Waals surface area contributed by atoms with Crippen LogP contribution in [0.25, 0.3) is 0 Å². The summed E-state index contributed by atoms with van der Waals surface area (Å²) in [7, 11) is 0. The van der Waals surface area contributed by atoms with Crippen LogP contribution >= 0.6 is 0 Å². The highest BCUT2D eigenvalue weighted by atomic mass is 19.3. The molecule has 6 heteroatoms. The zero-order valence-corrected chi connectivity index (χ0v) is 10.5. The van der Waals surface area contributed by atoms with Crippen molar-refractivity contribution in [2.75, 3.05) is 19.6 Å². The highest BCUT2D eigenvalue weighted by Gasteiger charge is 2.40. The van der Waals surface area contributed by atoms with Crippen molar-refractivity contribution >= 4 is 6.09 Å². The van der Waals surface area contributed by atoms with E-state index >= 15 is 0 Å². The zero-order valence-electron chi connectivity index (χ0n) is 10.5. The van der Waals surface area contributed by atoms with Crippen LogP contribution in [-0.4, -0.2) is 42.7 Å². The summed E-state index contributed by atoms with van der Waals surface area (Å²) in [5, 5.41) is 0. The first-order chi connectivity index (χ1) is 7.74. The van der Waals surface area contributed by atoms with E-state index in [1.807, 2.05) is 0 Å². The van der Waals surface area contributed by atoms with Gasteiger partial charge in [-0.25, -0.2) is 13.6 Å². The summed E-state index contributed by atoms with van der Waals surface area (Å²) in [5.41, 5.74) is 4.74. The van der Waals surface area contributed by atoms with Crippen molar-refractivity contribution in [1.29, 1.82) is 0 Å². The smallest absolute Gasteiger partial charge is 0.410 e. The van der Waals surface area contributed by atoms with Crippen LogP contribution in [0.2, 0.25) is 0 Å². The number of halogens is 2. The lowest BCUT2D eigenvalue weighted by molar-refractivity contribution is -0.0378. The summed E-state index contributed by atoms with van der Waals surface area (Å²) in [4.78, 5) is 13.0. The number of hydrogen-bond donors (Lipinski definition) is 1. The monoisotopic (exact) mass is 250 g/mol. The molecule has 1 heterocycles. The van der Waals surface area contributed by atoms with Gasteiger partial charge in [-0.15, -0.1) is 0 Å². The van der Waals surface area contributed by atoms with Gasteiger partial charge in [0, 0.05) is 31.5 Å². The molecule has 0 spiro atoms. The van der Waals surface area contributed by atoms with E-state index in [1.165, 1.54) is 4.90 Å². The van der Waals surface area contributed by atoms with Crippen LogP contribution in [0.5, 0.6) is 0 Å². The van der Waals surface area contributed by atoms with Crippen molar-refractivity contribution < 1.29 is 18.3 Å². The standard InChI is InChI=1S/C11H20F2N2O2/c1-11(2,3)17-10(16)15-5-7(6-15)8(4-14)9(12)13/h7-9H,4-6,14H2,1-3H3. The molecule has 1 aliphatic rings. The van der Waals surface area contributed by atoms with Gasteiger partial charge in [0.2, 0.25) is 6.43 Å². The molecule has 2 N–H and O–H groups in total. The van der Waals surface area contributed by atoms with Crippen molar-refractivity contribution in [2.24, 2.45) is 17.6 Å². The molecule has 4 nitrogen and oxygen atoms in total. The van der Waals surface area contributed by atoms with E-state index in [-0.39, 0.29) is 12.5 Å². The number of alkyl halides is 2. The first kappa shape index (κ1) is 14.2. The van der Waals surface area contributed by atoms with Gasteiger partial charge in [-0.1, -0.05) is 0 Å². The Kier molecular flexibility index (Phi) is 4.30.